The van der Waals surface area contributed by atoms with Crippen LogP contribution in [0.5, 0.6) is 0 Å². The zero-order chi connectivity index (χ0) is 17.3. The largest absolute Gasteiger partial charge is 0.455 e. The summed E-state index contributed by atoms with van der Waals surface area (Å²) in [6, 6.07) is 2.12. The van der Waals surface area contributed by atoms with Crippen LogP contribution in [0.2, 0.25) is 0 Å². The van der Waals surface area contributed by atoms with Gasteiger partial charge in [0.25, 0.3) is 0 Å². The van der Waals surface area contributed by atoms with Gasteiger partial charge in [-0.25, -0.2) is 0 Å². The summed E-state index contributed by atoms with van der Waals surface area (Å²) in [4.78, 5) is 11.1. The molecule has 124 valence electrons. The summed E-state index contributed by atoms with van der Waals surface area (Å²) in [6.45, 7) is 3.55. The van der Waals surface area contributed by atoms with Crippen molar-refractivity contribution in [3.8, 4) is 0 Å². The Morgan fingerprint density at radius 1 is 1.05 bits per heavy atom. The van der Waals surface area contributed by atoms with Crippen LogP contribution in [0.4, 0.5) is 26.3 Å². The van der Waals surface area contributed by atoms with E-state index in [0.29, 0.717) is 6.07 Å². The molecule has 8 heteroatoms. The fourth-order valence-electron chi connectivity index (χ4n) is 2.17. The molecular weight excluding hydrogens is 314 g/mol. The van der Waals surface area contributed by atoms with E-state index in [1.54, 1.807) is 0 Å². The predicted molar refractivity (Wildman–Crippen MR) is 65.9 cm³/mol. The molecular formula is C14H14F6O2. The molecule has 1 atom stereocenters. The third-order valence-corrected chi connectivity index (χ3v) is 3.27. The van der Waals surface area contributed by atoms with Gasteiger partial charge >= 0.3 is 18.3 Å². The minimum Gasteiger partial charge on any atom is -0.455 e. The molecule has 2 nitrogen and oxygen atoms in total. The summed E-state index contributed by atoms with van der Waals surface area (Å²) >= 11 is 0. The average Bonchev–Trinajstić information content (AvgIpc) is 2.35. The number of benzene rings is 1. The Morgan fingerprint density at radius 3 is 1.91 bits per heavy atom. The van der Waals surface area contributed by atoms with Crippen molar-refractivity contribution >= 4 is 5.97 Å². The summed E-state index contributed by atoms with van der Waals surface area (Å²) in [5.41, 5.74) is -6.15. The SMILES string of the molecule is CCC(C)(OC(C)=O)c1cccc(C(F)(F)F)c1C(F)(F)F. The topological polar surface area (TPSA) is 26.3 Å². The van der Waals surface area contributed by atoms with Crippen LogP contribution in [0.1, 0.15) is 43.9 Å². The van der Waals surface area contributed by atoms with Gasteiger partial charge in [0, 0.05) is 12.5 Å². The van der Waals surface area contributed by atoms with Gasteiger partial charge in [-0.3, -0.25) is 4.79 Å². The van der Waals surface area contributed by atoms with Crippen molar-refractivity contribution < 1.29 is 35.9 Å². The minimum atomic E-state index is -5.24. The van der Waals surface area contributed by atoms with Crippen molar-refractivity contribution in [3.05, 3.63) is 34.9 Å². The lowest BCUT2D eigenvalue weighted by molar-refractivity contribution is -0.168. The first kappa shape index (κ1) is 18.3. The molecule has 1 aromatic carbocycles. The molecule has 0 aliphatic rings. The first-order valence-corrected chi connectivity index (χ1v) is 6.30. The van der Waals surface area contributed by atoms with E-state index in [4.69, 9.17) is 4.74 Å². The van der Waals surface area contributed by atoms with E-state index in [1.807, 2.05) is 0 Å². The number of alkyl halides is 6. The highest BCUT2D eigenvalue weighted by atomic mass is 19.4. The Kier molecular flexibility index (Phi) is 4.84. The van der Waals surface area contributed by atoms with Gasteiger partial charge in [0.1, 0.15) is 5.60 Å². The third-order valence-electron chi connectivity index (χ3n) is 3.27. The maximum Gasteiger partial charge on any atom is 0.417 e. The maximum absolute atomic E-state index is 13.2. The third kappa shape index (κ3) is 3.72. The number of hydrogen-bond donors (Lipinski definition) is 0. The zero-order valence-corrected chi connectivity index (χ0v) is 12.0. The molecule has 1 unspecified atom stereocenters. The minimum absolute atomic E-state index is 0.114. The summed E-state index contributed by atoms with van der Waals surface area (Å²) in [5.74, 6) is -0.880. The van der Waals surface area contributed by atoms with E-state index >= 15 is 0 Å². The second-order valence-electron chi connectivity index (χ2n) is 4.90. The molecule has 0 radical (unpaired) electrons. The molecule has 0 saturated heterocycles. The number of ether oxygens (including phenoxy) is 1. The Bertz CT molecular complexity index is 561. The van der Waals surface area contributed by atoms with Gasteiger partial charge in [-0.2, -0.15) is 26.3 Å². The fraction of sp³-hybridized carbons (Fsp3) is 0.500. The normalized spacial score (nSPS) is 15.3. The molecule has 1 rings (SSSR count). The Labute approximate surface area is 123 Å². The van der Waals surface area contributed by atoms with Crippen LogP contribution >= 0.6 is 0 Å². The van der Waals surface area contributed by atoms with Gasteiger partial charge in [0.05, 0.1) is 11.1 Å². The molecule has 0 spiro atoms. The summed E-state index contributed by atoms with van der Waals surface area (Å²) < 4.78 is 83.2. The van der Waals surface area contributed by atoms with E-state index in [-0.39, 0.29) is 6.42 Å². The number of rotatable bonds is 3. The molecule has 0 N–H and O–H groups in total. The van der Waals surface area contributed by atoms with Crippen LogP contribution in [0, 0.1) is 0 Å². The van der Waals surface area contributed by atoms with Crippen LogP contribution in [0.25, 0.3) is 0 Å². The van der Waals surface area contributed by atoms with Crippen molar-refractivity contribution in [2.75, 3.05) is 0 Å². The lowest BCUT2D eigenvalue weighted by atomic mass is 9.86. The maximum atomic E-state index is 13.2. The van der Waals surface area contributed by atoms with Gasteiger partial charge < -0.3 is 4.74 Å². The van der Waals surface area contributed by atoms with Gasteiger partial charge in [0.15, 0.2) is 0 Å². The van der Waals surface area contributed by atoms with Crippen molar-refractivity contribution in [1.29, 1.82) is 0 Å². The van der Waals surface area contributed by atoms with Gasteiger partial charge in [-0.05, 0) is 19.4 Å². The zero-order valence-electron chi connectivity index (χ0n) is 12.0. The van der Waals surface area contributed by atoms with Gasteiger partial charge in [0.2, 0.25) is 0 Å². The van der Waals surface area contributed by atoms with E-state index < -0.39 is 40.6 Å². The Morgan fingerprint density at radius 2 is 1.55 bits per heavy atom. The summed E-state index contributed by atoms with van der Waals surface area (Å²) in [6.07, 6.45) is -10.5. The Hall–Kier alpha value is -1.73. The van der Waals surface area contributed by atoms with Crippen molar-refractivity contribution in [2.24, 2.45) is 0 Å². The lowest BCUT2D eigenvalue weighted by Crippen LogP contribution is -2.32. The summed E-state index contributed by atoms with van der Waals surface area (Å²) in [7, 11) is 0. The Balaban J connectivity index is 3.71. The van der Waals surface area contributed by atoms with Crippen LogP contribution in [-0.2, 0) is 27.5 Å². The molecule has 0 saturated carbocycles. The molecule has 1 aromatic rings. The molecule has 22 heavy (non-hydrogen) atoms. The molecule has 0 bridgehead atoms. The van der Waals surface area contributed by atoms with E-state index in [9.17, 15) is 31.1 Å². The fourth-order valence-corrected chi connectivity index (χ4v) is 2.17. The number of hydrogen-bond acceptors (Lipinski definition) is 2. The summed E-state index contributed by atoms with van der Waals surface area (Å²) in [5, 5.41) is 0. The molecule has 0 fully saturated rings. The first-order chi connectivity index (χ1) is 9.83. The quantitative estimate of drug-likeness (QED) is 0.582. The van der Waals surface area contributed by atoms with Crippen molar-refractivity contribution in [1.82, 2.24) is 0 Å². The molecule has 0 aliphatic heterocycles. The van der Waals surface area contributed by atoms with E-state index in [1.165, 1.54) is 6.92 Å². The van der Waals surface area contributed by atoms with Crippen LogP contribution in [0.3, 0.4) is 0 Å². The molecule has 0 amide bonds. The standard InChI is InChI=1S/C14H14F6O2/c1-4-12(3,22-8(2)21)9-6-5-7-10(13(15,16)17)11(9)14(18,19)20/h5-7H,4H2,1-3H3. The number of esters is 1. The second kappa shape index (κ2) is 5.81. The highest BCUT2D eigenvalue weighted by Gasteiger charge is 2.48. The predicted octanol–water partition coefficient (Wildman–Crippen LogP) is 4.91. The van der Waals surface area contributed by atoms with Crippen LogP contribution in [-0.4, -0.2) is 5.97 Å². The van der Waals surface area contributed by atoms with Crippen molar-refractivity contribution in [3.63, 3.8) is 0 Å². The van der Waals surface area contributed by atoms with Crippen molar-refractivity contribution in [2.45, 2.75) is 45.1 Å². The van der Waals surface area contributed by atoms with E-state index in [0.717, 1.165) is 26.0 Å². The number of carbonyl (C=O) groups is 1. The monoisotopic (exact) mass is 328 g/mol. The molecule has 0 heterocycles. The lowest BCUT2D eigenvalue weighted by Gasteiger charge is -2.32. The highest BCUT2D eigenvalue weighted by Crippen LogP contribution is 2.46. The van der Waals surface area contributed by atoms with Crippen LogP contribution < -0.4 is 0 Å². The average molecular weight is 328 g/mol. The number of carbonyl (C=O) groups excluding carboxylic acids is 1. The van der Waals surface area contributed by atoms with Gasteiger partial charge in [-0.15, -0.1) is 0 Å². The molecule has 0 aromatic heterocycles. The van der Waals surface area contributed by atoms with Crippen LogP contribution in [0.15, 0.2) is 18.2 Å². The van der Waals surface area contributed by atoms with Gasteiger partial charge in [-0.1, -0.05) is 19.1 Å². The smallest absolute Gasteiger partial charge is 0.417 e. The number of halogens is 6. The van der Waals surface area contributed by atoms with E-state index in [2.05, 4.69) is 0 Å². The second-order valence-corrected chi connectivity index (χ2v) is 4.90. The highest BCUT2D eigenvalue weighted by molar-refractivity contribution is 5.67. The molecule has 0 aliphatic carbocycles. The first-order valence-electron chi connectivity index (χ1n) is 6.30.